The molecule has 0 aliphatic rings. The summed E-state index contributed by atoms with van der Waals surface area (Å²) in [5.74, 6) is 0. The fraction of sp³-hybridized carbons (Fsp3) is 0. The first-order valence-corrected chi connectivity index (χ1v) is 5.02. The van der Waals surface area contributed by atoms with Crippen LogP contribution in [0.4, 0.5) is 0 Å². The second kappa shape index (κ2) is 9.99. The van der Waals surface area contributed by atoms with Crippen molar-refractivity contribution in [1.29, 1.82) is 0 Å². The van der Waals surface area contributed by atoms with Gasteiger partial charge in [-0.3, -0.25) is 0 Å². The minimum Gasteiger partial charge on any atom is -0.894 e. The summed E-state index contributed by atoms with van der Waals surface area (Å²) in [5.41, 5.74) is 0. The van der Waals surface area contributed by atoms with Crippen LogP contribution < -0.4 is 28.8 Å². The van der Waals surface area contributed by atoms with E-state index in [0.29, 0.717) is 0 Å². The maximum absolute atomic E-state index is 8.80. The van der Waals surface area contributed by atoms with Crippen molar-refractivity contribution in [1.82, 2.24) is 0 Å². The molecule has 8 nitrogen and oxygen atoms in total. The molecule has 0 atom stereocenters. The predicted octanol–water partition coefficient (Wildman–Crippen LogP) is -9.01. The Labute approximate surface area is 124 Å². The molecule has 0 saturated heterocycles. The smallest absolute Gasteiger partial charge is 0.894 e. The van der Waals surface area contributed by atoms with Gasteiger partial charge in [-0.05, 0) is 0 Å². The molecule has 0 unspecified atom stereocenters. The average molecular weight is 444 g/mol. The molecule has 0 aromatic heterocycles. The maximum atomic E-state index is 8.80. The third-order valence-electron chi connectivity index (χ3n) is 0. The molecule has 0 spiro atoms. The number of hydrogen-bond acceptors (Lipinski definition) is 8. The monoisotopic (exact) mass is 444 g/mol. The van der Waals surface area contributed by atoms with Crippen LogP contribution in [0.15, 0.2) is 0 Å². The molecular formula is H2O8Si2TmY. The minimum atomic E-state index is -5.61. The molecule has 2 N–H and O–H groups in total. The van der Waals surface area contributed by atoms with Crippen molar-refractivity contribution < 1.29 is 108 Å². The summed E-state index contributed by atoms with van der Waals surface area (Å²) in [7, 11) is -10.7. The van der Waals surface area contributed by atoms with Crippen LogP contribution in [0.25, 0.3) is 0 Å². The zero-order valence-corrected chi connectivity index (χ0v) is 11.8. The summed E-state index contributed by atoms with van der Waals surface area (Å²) in [6.07, 6.45) is 0. The van der Waals surface area contributed by atoms with Crippen LogP contribution in [0.5, 0.6) is 0 Å². The molecular weight excluding hydrogens is 442 g/mol. The van der Waals surface area contributed by atoms with Gasteiger partial charge in [0.15, 0.2) is 0 Å². The van der Waals surface area contributed by atoms with Gasteiger partial charge in [0.25, 0.3) is 0 Å². The topological polar surface area (TPSA) is 179 Å². The molecule has 12 heteroatoms. The quantitative estimate of drug-likeness (QED) is 0.346. The van der Waals surface area contributed by atoms with E-state index in [1.165, 1.54) is 0 Å². The molecule has 0 aromatic carbocycles. The Bertz CT molecular complexity index is 60.0. The first-order valence-electron chi connectivity index (χ1n) is 1.67. The molecule has 0 aliphatic carbocycles. The van der Waals surface area contributed by atoms with E-state index in [4.69, 9.17) is 38.4 Å². The Morgan fingerprint density at radius 1 is 0.750 bits per heavy atom. The van der Waals surface area contributed by atoms with Gasteiger partial charge in [-0.15, -0.1) is 0 Å². The standard InChI is InChI=1S/H2O4Si.O4Si.Tm.Y/c2*1-5(2,3)4;;/h1-2H;;;/q-2;-4;2*+3. The molecule has 0 bridgehead atoms. The molecule has 0 saturated carbocycles. The summed E-state index contributed by atoms with van der Waals surface area (Å²) in [4.78, 5) is 66.1. The normalized spacial score (nSPS) is 10.0. The Balaban J connectivity index is -0.0000000457. The minimum absolute atomic E-state index is 0. The van der Waals surface area contributed by atoms with E-state index in [9.17, 15) is 0 Å². The largest absolute Gasteiger partial charge is 3.00 e. The zero-order chi connectivity index (χ0) is 9.00. The first-order chi connectivity index (χ1) is 4.00. The van der Waals surface area contributed by atoms with Crippen molar-refractivity contribution >= 4 is 18.1 Å². The Hall–Kier alpha value is 2.45. The SMILES string of the molecule is [O-][Si]([O-])(O)O.[O-][Si]([O-])([O-])[O-].[Tm+3].[Y+3]. The van der Waals surface area contributed by atoms with Gasteiger partial charge >= 0.3 is 69.6 Å². The molecule has 74 valence electrons. The van der Waals surface area contributed by atoms with Gasteiger partial charge in [0.2, 0.25) is 0 Å². The predicted molar refractivity (Wildman–Crippen MR) is 15.9 cm³/mol. The second-order valence-corrected chi connectivity index (χ2v) is 3.15. The van der Waals surface area contributed by atoms with Crippen molar-refractivity contribution in [2.75, 3.05) is 0 Å². The summed E-state index contributed by atoms with van der Waals surface area (Å²) in [6.45, 7) is 0. The van der Waals surface area contributed by atoms with Gasteiger partial charge in [0.05, 0.1) is 0 Å². The van der Waals surface area contributed by atoms with Crippen molar-refractivity contribution in [2.24, 2.45) is 0 Å². The molecule has 0 radical (unpaired) electrons. The van der Waals surface area contributed by atoms with E-state index < -0.39 is 18.1 Å². The number of rotatable bonds is 0. The molecule has 0 heterocycles. The molecule has 0 aliphatic heterocycles. The van der Waals surface area contributed by atoms with E-state index in [-0.39, 0.29) is 69.6 Å². The molecule has 0 rings (SSSR count). The summed E-state index contributed by atoms with van der Waals surface area (Å²) in [6, 6.07) is 0. The van der Waals surface area contributed by atoms with Crippen LogP contribution >= 0.6 is 0 Å². The van der Waals surface area contributed by atoms with Gasteiger partial charge in [0.1, 0.15) is 9.05 Å². The van der Waals surface area contributed by atoms with E-state index in [0.717, 1.165) is 0 Å². The van der Waals surface area contributed by atoms with Crippen LogP contribution in [0.1, 0.15) is 0 Å². The maximum Gasteiger partial charge on any atom is 3.00 e. The fourth-order valence-corrected chi connectivity index (χ4v) is 0. The van der Waals surface area contributed by atoms with Gasteiger partial charge in [-0.25, -0.2) is 0 Å². The molecule has 12 heavy (non-hydrogen) atoms. The van der Waals surface area contributed by atoms with Gasteiger partial charge in [0, 0.05) is 0 Å². The van der Waals surface area contributed by atoms with Crippen molar-refractivity contribution in [3.63, 3.8) is 0 Å². The third-order valence-corrected chi connectivity index (χ3v) is 0. The van der Waals surface area contributed by atoms with E-state index >= 15 is 0 Å². The fourth-order valence-electron chi connectivity index (χ4n) is 0. The van der Waals surface area contributed by atoms with Gasteiger partial charge < -0.3 is 47.4 Å². The Morgan fingerprint density at radius 2 is 0.750 bits per heavy atom. The summed E-state index contributed by atoms with van der Waals surface area (Å²) in [5, 5.41) is 0. The van der Waals surface area contributed by atoms with Crippen molar-refractivity contribution in [3.8, 4) is 0 Å². The summed E-state index contributed by atoms with van der Waals surface area (Å²) >= 11 is 0. The van der Waals surface area contributed by atoms with E-state index in [1.54, 1.807) is 0 Å². The molecule has 0 aromatic rings. The van der Waals surface area contributed by atoms with E-state index in [1.807, 2.05) is 0 Å². The van der Waals surface area contributed by atoms with Gasteiger partial charge in [-0.1, -0.05) is 0 Å². The van der Waals surface area contributed by atoms with Crippen LogP contribution in [-0.2, 0) is 32.7 Å². The first kappa shape index (κ1) is 23.9. The van der Waals surface area contributed by atoms with E-state index in [2.05, 4.69) is 0 Å². The van der Waals surface area contributed by atoms with Crippen LogP contribution in [0.3, 0.4) is 0 Å². The summed E-state index contributed by atoms with van der Waals surface area (Å²) < 4.78 is 0. The zero-order valence-electron chi connectivity index (χ0n) is 5.20. The van der Waals surface area contributed by atoms with Crippen LogP contribution in [0.2, 0.25) is 0 Å². The van der Waals surface area contributed by atoms with Crippen LogP contribution in [-0.4, -0.2) is 27.7 Å². The third kappa shape index (κ3) is 272. The van der Waals surface area contributed by atoms with Gasteiger partial charge in [-0.2, -0.15) is 0 Å². The number of hydrogen-bond donors (Lipinski definition) is 2. The molecule has 0 fully saturated rings. The van der Waals surface area contributed by atoms with Crippen molar-refractivity contribution in [2.45, 2.75) is 0 Å². The van der Waals surface area contributed by atoms with Crippen molar-refractivity contribution in [3.05, 3.63) is 0 Å². The average Bonchev–Trinajstić information content (AvgIpc) is 1.12. The Morgan fingerprint density at radius 3 is 0.750 bits per heavy atom. The second-order valence-electron chi connectivity index (χ2n) is 1.05. The van der Waals surface area contributed by atoms with Crippen LogP contribution in [0, 0.1) is 36.9 Å². The molecule has 0 amide bonds. The Kier molecular flexibility index (Phi) is 19.9.